The van der Waals surface area contributed by atoms with E-state index < -0.39 is 0 Å². The number of aromatic nitrogens is 2. The first-order chi connectivity index (χ1) is 9.08. The van der Waals surface area contributed by atoms with Crippen molar-refractivity contribution in [1.82, 2.24) is 9.97 Å². The monoisotopic (exact) mass is 277 g/mol. The number of ether oxygens (including phenoxy) is 1. The molecule has 0 aliphatic heterocycles. The average Bonchev–Trinajstić information content (AvgIpc) is 2.37. The summed E-state index contributed by atoms with van der Waals surface area (Å²) in [7, 11) is 1.57. The molecule has 0 fully saturated rings. The molecule has 1 amide bonds. The van der Waals surface area contributed by atoms with Crippen LogP contribution in [0, 0.1) is 6.92 Å². The van der Waals surface area contributed by atoms with Crippen LogP contribution in [0.5, 0.6) is 5.75 Å². The molecular formula is C13H12ClN3O2. The van der Waals surface area contributed by atoms with Gasteiger partial charge in [-0.1, -0.05) is 11.6 Å². The van der Waals surface area contributed by atoms with Gasteiger partial charge in [-0.05, 0) is 37.3 Å². The summed E-state index contributed by atoms with van der Waals surface area (Å²) in [5.41, 5.74) is 1.17. The Bertz CT molecular complexity index is 579. The van der Waals surface area contributed by atoms with Crippen molar-refractivity contribution in [1.29, 1.82) is 0 Å². The molecule has 0 unspecified atom stereocenters. The SMILES string of the molecule is COc1ccc(C(=O)Nc2nc(C)cc(Cl)n2)cc1. The number of hydrogen-bond acceptors (Lipinski definition) is 4. The third kappa shape index (κ3) is 3.42. The van der Waals surface area contributed by atoms with Gasteiger partial charge in [0, 0.05) is 11.3 Å². The number of anilines is 1. The molecule has 2 rings (SSSR count). The van der Waals surface area contributed by atoms with E-state index in [9.17, 15) is 4.79 Å². The van der Waals surface area contributed by atoms with Crippen LogP contribution < -0.4 is 10.1 Å². The van der Waals surface area contributed by atoms with Crippen LogP contribution in [0.3, 0.4) is 0 Å². The Morgan fingerprint density at radius 2 is 1.95 bits per heavy atom. The minimum absolute atomic E-state index is 0.186. The van der Waals surface area contributed by atoms with Gasteiger partial charge in [-0.2, -0.15) is 0 Å². The minimum Gasteiger partial charge on any atom is -0.497 e. The lowest BCUT2D eigenvalue weighted by Gasteiger charge is -2.05. The molecule has 0 atom stereocenters. The fourth-order valence-corrected chi connectivity index (χ4v) is 1.74. The standard InChI is InChI=1S/C13H12ClN3O2/c1-8-7-11(14)16-13(15-8)17-12(18)9-3-5-10(19-2)6-4-9/h3-7H,1-2H3,(H,15,16,17,18). The van der Waals surface area contributed by atoms with E-state index in [2.05, 4.69) is 15.3 Å². The molecule has 0 saturated heterocycles. The Balaban J connectivity index is 2.15. The highest BCUT2D eigenvalue weighted by Crippen LogP contribution is 2.14. The van der Waals surface area contributed by atoms with Crippen LogP contribution in [-0.4, -0.2) is 23.0 Å². The number of hydrogen-bond donors (Lipinski definition) is 1. The summed E-state index contributed by atoms with van der Waals surface area (Å²) >= 11 is 5.80. The number of nitrogens with zero attached hydrogens (tertiary/aromatic N) is 2. The molecule has 0 spiro atoms. The van der Waals surface area contributed by atoms with Gasteiger partial charge in [-0.25, -0.2) is 9.97 Å². The van der Waals surface area contributed by atoms with Crippen molar-refractivity contribution in [2.24, 2.45) is 0 Å². The third-order valence-electron chi connectivity index (χ3n) is 2.40. The van der Waals surface area contributed by atoms with E-state index in [1.807, 2.05) is 0 Å². The molecule has 0 aliphatic carbocycles. The number of nitrogens with one attached hydrogen (secondary N) is 1. The van der Waals surface area contributed by atoms with Gasteiger partial charge >= 0.3 is 0 Å². The van der Waals surface area contributed by atoms with Crippen molar-refractivity contribution in [2.75, 3.05) is 12.4 Å². The zero-order valence-electron chi connectivity index (χ0n) is 10.5. The fourth-order valence-electron chi connectivity index (χ4n) is 1.50. The Morgan fingerprint density at radius 1 is 1.26 bits per heavy atom. The predicted molar refractivity (Wildman–Crippen MR) is 72.7 cm³/mol. The first-order valence-electron chi connectivity index (χ1n) is 5.55. The second-order valence-corrected chi connectivity index (χ2v) is 4.23. The van der Waals surface area contributed by atoms with E-state index in [4.69, 9.17) is 16.3 Å². The van der Waals surface area contributed by atoms with Crippen molar-refractivity contribution in [3.8, 4) is 5.75 Å². The van der Waals surface area contributed by atoms with Gasteiger partial charge in [-0.3, -0.25) is 10.1 Å². The van der Waals surface area contributed by atoms with Crippen molar-refractivity contribution >= 4 is 23.5 Å². The Labute approximate surface area is 115 Å². The Hall–Kier alpha value is -2.14. The van der Waals surface area contributed by atoms with E-state index in [-0.39, 0.29) is 17.0 Å². The van der Waals surface area contributed by atoms with Crippen LogP contribution in [0.2, 0.25) is 5.15 Å². The summed E-state index contributed by atoms with van der Waals surface area (Å²) < 4.78 is 5.02. The first-order valence-corrected chi connectivity index (χ1v) is 5.93. The molecule has 6 heteroatoms. The quantitative estimate of drug-likeness (QED) is 0.876. The maximum absolute atomic E-state index is 12.0. The van der Waals surface area contributed by atoms with E-state index >= 15 is 0 Å². The largest absolute Gasteiger partial charge is 0.497 e. The van der Waals surface area contributed by atoms with E-state index in [0.29, 0.717) is 17.0 Å². The minimum atomic E-state index is -0.302. The van der Waals surface area contributed by atoms with Gasteiger partial charge in [0.2, 0.25) is 5.95 Å². The molecule has 0 aliphatic rings. The molecule has 0 radical (unpaired) electrons. The predicted octanol–water partition coefficient (Wildman–Crippen LogP) is 2.70. The van der Waals surface area contributed by atoms with Gasteiger partial charge < -0.3 is 4.74 Å². The second-order valence-electron chi connectivity index (χ2n) is 3.84. The fraction of sp³-hybridized carbons (Fsp3) is 0.154. The van der Waals surface area contributed by atoms with E-state index in [1.54, 1.807) is 44.4 Å². The highest BCUT2D eigenvalue weighted by molar-refractivity contribution is 6.29. The van der Waals surface area contributed by atoms with Crippen molar-refractivity contribution in [3.05, 3.63) is 46.7 Å². The van der Waals surface area contributed by atoms with Gasteiger partial charge in [0.15, 0.2) is 0 Å². The summed E-state index contributed by atoms with van der Waals surface area (Å²) in [6, 6.07) is 8.35. The van der Waals surface area contributed by atoms with Crippen LogP contribution in [0.15, 0.2) is 30.3 Å². The first kappa shape index (κ1) is 13.3. The number of halogens is 1. The molecule has 0 saturated carbocycles. The van der Waals surface area contributed by atoms with Gasteiger partial charge in [-0.15, -0.1) is 0 Å². The molecule has 1 N–H and O–H groups in total. The molecule has 1 aromatic carbocycles. The molecule has 5 nitrogen and oxygen atoms in total. The Kier molecular flexibility index (Phi) is 3.97. The van der Waals surface area contributed by atoms with Crippen molar-refractivity contribution in [3.63, 3.8) is 0 Å². The molecule has 1 heterocycles. The highest BCUT2D eigenvalue weighted by atomic mass is 35.5. The van der Waals surface area contributed by atoms with Gasteiger partial charge in [0.25, 0.3) is 5.91 Å². The highest BCUT2D eigenvalue weighted by Gasteiger charge is 2.09. The van der Waals surface area contributed by atoms with Gasteiger partial charge in [0.05, 0.1) is 7.11 Å². The topological polar surface area (TPSA) is 64.1 Å². The normalized spacial score (nSPS) is 10.1. The number of carbonyl (C=O) groups is 1. The summed E-state index contributed by atoms with van der Waals surface area (Å²) in [4.78, 5) is 20.0. The van der Waals surface area contributed by atoms with Crippen LogP contribution in [-0.2, 0) is 0 Å². The number of amides is 1. The zero-order valence-corrected chi connectivity index (χ0v) is 11.2. The van der Waals surface area contributed by atoms with Gasteiger partial charge in [0.1, 0.15) is 10.9 Å². The number of rotatable bonds is 3. The van der Waals surface area contributed by atoms with E-state index in [0.717, 1.165) is 0 Å². The number of methoxy groups -OCH3 is 1. The number of benzene rings is 1. The molecule has 98 valence electrons. The van der Waals surface area contributed by atoms with Crippen LogP contribution in [0.25, 0.3) is 0 Å². The zero-order chi connectivity index (χ0) is 13.8. The lowest BCUT2D eigenvalue weighted by molar-refractivity contribution is 0.102. The molecule has 2 aromatic rings. The van der Waals surface area contributed by atoms with Crippen molar-refractivity contribution < 1.29 is 9.53 Å². The summed E-state index contributed by atoms with van der Waals surface area (Å²) in [5.74, 6) is 0.571. The maximum Gasteiger partial charge on any atom is 0.258 e. The smallest absolute Gasteiger partial charge is 0.258 e. The maximum atomic E-state index is 12.0. The summed E-state index contributed by atoms with van der Waals surface area (Å²) in [5, 5.41) is 2.88. The number of carbonyl (C=O) groups excluding carboxylic acids is 1. The van der Waals surface area contributed by atoms with Crippen molar-refractivity contribution in [2.45, 2.75) is 6.92 Å². The average molecular weight is 278 g/mol. The van der Waals surface area contributed by atoms with Crippen LogP contribution >= 0.6 is 11.6 Å². The van der Waals surface area contributed by atoms with E-state index in [1.165, 1.54) is 0 Å². The molecule has 1 aromatic heterocycles. The summed E-state index contributed by atoms with van der Waals surface area (Å²) in [6.45, 7) is 1.77. The Morgan fingerprint density at radius 3 is 2.53 bits per heavy atom. The molecule has 0 bridgehead atoms. The summed E-state index contributed by atoms with van der Waals surface area (Å²) in [6.07, 6.45) is 0. The third-order valence-corrected chi connectivity index (χ3v) is 2.59. The second kappa shape index (κ2) is 5.67. The molecular weight excluding hydrogens is 266 g/mol. The lowest BCUT2D eigenvalue weighted by Crippen LogP contribution is -2.14. The van der Waals surface area contributed by atoms with Crippen LogP contribution in [0.1, 0.15) is 16.1 Å². The van der Waals surface area contributed by atoms with Crippen LogP contribution in [0.4, 0.5) is 5.95 Å². The lowest BCUT2D eigenvalue weighted by atomic mass is 10.2. The number of aryl methyl sites for hydroxylation is 1. The molecule has 19 heavy (non-hydrogen) atoms.